The van der Waals surface area contributed by atoms with E-state index < -0.39 is 0 Å². The number of unbranched alkanes of at least 4 members (excludes halogenated alkanes) is 1. The minimum Gasteiger partial charge on any atom is -0.494 e. The molecule has 32 heavy (non-hydrogen) atoms. The van der Waals surface area contributed by atoms with Crippen molar-refractivity contribution < 1.29 is 4.74 Å². The van der Waals surface area contributed by atoms with Gasteiger partial charge in [-0.25, -0.2) is 0 Å². The predicted molar refractivity (Wildman–Crippen MR) is 138 cm³/mol. The first-order valence-corrected chi connectivity index (χ1v) is 13.6. The molecule has 0 aliphatic heterocycles. The van der Waals surface area contributed by atoms with Crippen molar-refractivity contribution in [2.75, 3.05) is 6.61 Å². The lowest BCUT2D eigenvalue weighted by molar-refractivity contribution is 0.152. The largest absolute Gasteiger partial charge is 0.494 e. The molecule has 0 radical (unpaired) electrons. The van der Waals surface area contributed by atoms with Crippen molar-refractivity contribution >= 4 is 10.8 Å². The third kappa shape index (κ3) is 6.40. The average Bonchev–Trinajstić information content (AvgIpc) is 2.84. The quantitative estimate of drug-likeness (QED) is 0.359. The van der Waals surface area contributed by atoms with E-state index in [1.54, 1.807) is 0 Å². The van der Waals surface area contributed by atoms with Gasteiger partial charge in [0.2, 0.25) is 0 Å². The molecular formula is C31H44O. The minimum absolute atomic E-state index is 0.726. The molecule has 1 nitrogen and oxygen atoms in total. The summed E-state index contributed by atoms with van der Waals surface area (Å²) >= 11 is 0. The highest BCUT2D eigenvalue weighted by molar-refractivity contribution is 5.84. The van der Waals surface area contributed by atoms with Gasteiger partial charge in [-0.15, -0.1) is 0 Å². The Morgan fingerprint density at radius 3 is 2.22 bits per heavy atom. The lowest BCUT2D eigenvalue weighted by Gasteiger charge is -2.37. The number of allylic oxidation sites excluding steroid dienone is 2. The Balaban J connectivity index is 1.20. The van der Waals surface area contributed by atoms with Gasteiger partial charge in [-0.1, -0.05) is 62.6 Å². The molecule has 2 aromatic rings. The predicted octanol–water partition coefficient (Wildman–Crippen LogP) is 9.14. The second-order valence-electron chi connectivity index (χ2n) is 10.5. The lowest BCUT2D eigenvalue weighted by Crippen LogP contribution is -2.25. The summed E-state index contributed by atoms with van der Waals surface area (Å²) in [6.45, 7) is 5.04. The molecule has 0 amide bonds. The SMILES string of the molecule is CCC/C=C/C1CCC(C2CCC(CCc3ccc4cc(OCC)ccc4c3)CC2)CC1. The van der Waals surface area contributed by atoms with E-state index in [1.165, 1.54) is 93.4 Å². The van der Waals surface area contributed by atoms with E-state index in [2.05, 4.69) is 55.5 Å². The molecule has 1 heteroatoms. The summed E-state index contributed by atoms with van der Waals surface area (Å²) in [6.07, 6.45) is 21.9. The Morgan fingerprint density at radius 2 is 1.50 bits per heavy atom. The topological polar surface area (TPSA) is 9.23 Å². The van der Waals surface area contributed by atoms with E-state index in [4.69, 9.17) is 4.74 Å². The molecule has 2 aliphatic carbocycles. The molecule has 0 aromatic heterocycles. The Morgan fingerprint density at radius 1 is 0.812 bits per heavy atom. The summed E-state index contributed by atoms with van der Waals surface area (Å²) in [7, 11) is 0. The fourth-order valence-electron chi connectivity index (χ4n) is 6.27. The molecule has 174 valence electrons. The van der Waals surface area contributed by atoms with Gasteiger partial charge in [-0.2, -0.15) is 0 Å². The maximum Gasteiger partial charge on any atom is 0.119 e. The molecule has 4 rings (SSSR count). The van der Waals surface area contributed by atoms with E-state index in [1.807, 2.05) is 6.92 Å². The van der Waals surface area contributed by atoms with Crippen LogP contribution in [0.15, 0.2) is 48.6 Å². The van der Waals surface area contributed by atoms with Crippen molar-refractivity contribution in [3.8, 4) is 5.75 Å². The lowest BCUT2D eigenvalue weighted by atomic mass is 9.68. The molecule has 0 heterocycles. The van der Waals surface area contributed by atoms with E-state index in [0.29, 0.717) is 0 Å². The van der Waals surface area contributed by atoms with Crippen molar-refractivity contribution in [3.63, 3.8) is 0 Å². The standard InChI is InChI=1S/C31H44O/c1-3-5-6-7-24-10-15-27(16-11-24)28-17-12-25(13-18-28)8-9-26-14-19-30-23-31(32-4-2)21-20-29(30)22-26/h6-7,14,19-25,27-28H,3-5,8-13,15-18H2,1-2H3/b7-6+. The van der Waals surface area contributed by atoms with Crippen LogP contribution >= 0.6 is 0 Å². The average molecular weight is 433 g/mol. The second kappa shape index (κ2) is 11.9. The molecule has 2 aromatic carbocycles. The first-order valence-electron chi connectivity index (χ1n) is 13.6. The maximum absolute atomic E-state index is 5.65. The van der Waals surface area contributed by atoms with E-state index >= 15 is 0 Å². The third-order valence-electron chi connectivity index (χ3n) is 8.27. The summed E-state index contributed by atoms with van der Waals surface area (Å²) in [4.78, 5) is 0. The highest BCUT2D eigenvalue weighted by atomic mass is 16.5. The van der Waals surface area contributed by atoms with Crippen LogP contribution in [0.3, 0.4) is 0 Å². The minimum atomic E-state index is 0.726. The Labute approximate surface area is 196 Å². The van der Waals surface area contributed by atoms with Crippen LogP contribution in [0, 0.1) is 23.7 Å². The fraction of sp³-hybridized carbons (Fsp3) is 0.613. The molecule has 0 unspecified atom stereocenters. The van der Waals surface area contributed by atoms with Crippen LogP contribution in [-0.4, -0.2) is 6.61 Å². The first-order chi connectivity index (χ1) is 15.7. The Bertz CT molecular complexity index is 850. The molecule has 0 spiro atoms. The van der Waals surface area contributed by atoms with E-state index in [9.17, 15) is 0 Å². The van der Waals surface area contributed by atoms with Gasteiger partial charge in [-0.05, 0) is 117 Å². The van der Waals surface area contributed by atoms with Gasteiger partial charge in [0.25, 0.3) is 0 Å². The number of fused-ring (bicyclic) bond motifs is 1. The first kappa shape index (κ1) is 23.4. The molecule has 0 bridgehead atoms. The third-order valence-corrected chi connectivity index (χ3v) is 8.27. The highest BCUT2D eigenvalue weighted by Crippen LogP contribution is 2.42. The number of benzene rings is 2. The van der Waals surface area contributed by atoms with Crippen molar-refractivity contribution in [2.24, 2.45) is 23.7 Å². The van der Waals surface area contributed by atoms with Gasteiger partial charge < -0.3 is 4.74 Å². The van der Waals surface area contributed by atoms with Crippen LogP contribution in [0.4, 0.5) is 0 Å². The number of ether oxygens (including phenoxy) is 1. The molecule has 0 N–H and O–H groups in total. The van der Waals surface area contributed by atoms with Crippen molar-refractivity contribution in [2.45, 2.75) is 90.9 Å². The normalized spacial score (nSPS) is 26.6. The summed E-state index contributed by atoms with van der Waals surface area (Å²) in [5, 5.41) is 2.63. The van der Waals surface area contributed by atoms with Gasteiger partial charge in [-0.3, -0.25) is 0 Å². The smallest absolute Gasteiger partial charge is 0.119 e. The van der Waals surface area contributed by atoms with Crippen LogP contribution in [0.2, 0.25) is 0 Å². The molecule has 2 aliphatic rings. The fourth-order valence-corrected chi connectivity index (χ4v) is 6.27. The summed E-state index contributed by atoms with van der Waals surface area (Å²) in [6, 6.07) is 13.5. The number of hydrogen-bond acceptors (Lipinski definition) is 1. The van der Waals surface area contributed by atoms with Crippen molar-refractivity contribution in [3.05, 3.63) is 54.1 Å². The van der Waals surface area contributed by atoms with Gasteiger partial charge in [0, 0.05) is 0 Å². The van der Waals surface area contributed by atoms with E-state index in [-0.39, 0.29) is 0 Å². The number of rotatable bonds is 9. The summed E-state index contributed by atoms with van der Waals surface area (Å²) < 4.78 is 5.65. The van der Waals surface area contributed by atoms with Crippen LogP contribution in [0.5, 0.6) is 5.75 Å². The number of hydrogen-bond donors (Lipinski definition) is 0. The number of aryl methyl sites for hydroxylation is 1. The zero-order valence-electron chi connectivity index (χ0n) is 20.5. The molecular weight excluding hydrogens is 388 g/mol. The Kier molecular flexibility index (Phi) is 8.71. The Hall–Kier alpha value is -1.76. The van der Waals surface area contributed by atoms with Gasteiger partial charge in [0.15, 0.2) is 0 Å². The highest BCUT2D eigenvalue weighted by Gasteiger charge is 2.30. The van der Waals surface area contributed by atoms with Gasteiger partial charge in [0.05, 0.1) is 6.61 Å². The molecule has 2 fully saturated rings. The second-order valence-corrected chi connectivity index (χ2v) is 10.5. The molecule has 0 saturated heterocycles. The maximum atomic E-state index is 5.65. The van der Waals surface area contributed by atoms with Crippen LogP contribution in [0.25, 0.3) is 10.8 Å². The zero-order valence-corrected chi connectivity index (χ0v) is 20.5. The monoisotopic (exact) mass is 432 g/mol. The van der Waals surface area contributed by atoms with Crippen molar-refractivity contribution in [1.29, 1.82) is 0 Å². The summed E-state index contributed by atoms with van der Waals surface area (Å²) in [5.41, 5.74) is 1.50. The van der Waals surface area contributed by atoms with Crippen molar-refractivity contribution in [1.82, 2.24) is 0 Å². The van der Waals surface area contributed by atoms with Gasteiger partial charge in [0.1, 0.15) is 5.75 Å². The molecule has 0 atom stereocenters. The van der Waals surface area contributed by atoms with Crippen LogP contribution in [0.1, 0.15) is 90.0 Å². The van der Waals surface area contributed by atoms with Gasteiger partial charge >= 0.3 is 0 Å². The zero-order chi connectivity index (χ0) is 22.2. The van der Waals surface area contributed by atoms with Crippen LogP contribution in [-0.2, 0) is 6.42 Å². The summed E-state index contributed by atoms with van der Waals surface area (Å²) in [5.74, 6) is 4.84. The van der Waals surface area contributed by atoms with E-state index in [0.717, 1.165) is 36.0 Å². The van der Waals surface area contributed by atoms with Crippen LogP contribution < -0.4 is 4.74 Å². The molecule has 2 saturated carbocycles.